The second-order valence-electron chi connectivity index (χ2n) is 5.53. The lowest BCUT2D eigenvalue weighted by atomic mass is 9.98. The second-order valence-corrected chi connectivity index (χ2v) is 5.53. The van der Waals surface area contributed by atoms with Gasteiger partial charge in [0.15, 0.2) is 0 Å². The lowest BCUT2D eigenvalue weighted by molar-refractivity contribution is 0.593. The molecule has 2 nitrogen and oxygen atoms in total. The van der Waals surface area contributed by atoms with Crippen LogP contribution in [0.4, 0.5) is 0 Å². The number of benzene rings is 1. The smallest absolute Gasteiger partial charge is 0.0220 e. The predicted molar refractivity (Wildman–Crippen MR) is 85.9 cm³/mol. The van der Waals surface area contributed by atoms with Crippen LogP contribution in [0.25, 0.3) is 0 Å². The highest BCUT2D eigenvalue weighted by Gasteiger charge is 2.04. The summed E-state index contributed by atoms with van der Waals surface area (Å²) in [6.45, 7) is 7.66. The molecule has 20 heavy (non-hydrogen) atoms. The van der Waals surface area contributed by atoms with Crippen molar-refractivity contribution in [2.24, 2.45) is 0 Å². The van der Waals surface area contributed by atoms with E-state index in [9.17, 15) is 0 Å². The van der Waals surface area contributed by atoms with Gasteiger partial charge in [-0.25, -0.2) is 0 Å². The van der Waals surface area contributed by atoms with Crippen LogP contribution in [-0.2, 0) is 13.1 Å². The van der Waals surface area contributed by atoms with Crippen molar-refractivity contribution in [3.05, 3.63) is 59.9 Å². The molecule has 108 valence electrons. The highest BCUT2D eigenvalue weighted by atomic mass is 14.9. The van der Waals surface area contributed by atoms with Crippen LogP contribution in [0.3, 0.4) is 0 Å². The Hall–Kier alpha value is -1.54. The standard InChI is InChI=1S/C18H26N2/c1-3-12-20-13-10-17(15-20)14-19-11-9-16(2)18-7-5-4-6-8-18/h4-8,10,13,15-16,19H,3,9,11-12,14H2,1-2H3. The number of rotatable bonds is 8. The summed E-state index contributed by atoms with van der Waals surface area (Å²) in [4.78, 5) is 0. The van der Waals surface area contributed by atoms with Crippen LogP contribution in [0.5, 0.6) is 0 Å². The Labute approximate surface area is 122 Å². The van der Waals surface area contributed by atoms with Gasteiger partial charge in [-0.15, -0.1) is 0 Å². The van der Waals surface area contributed by atoms with Crippen molar-refractivity contribution in [2.45, 2.75) is 45.7 Å². The van der Waals surface area contributed by atoms with Gasteiger partial charge in [-0.1, -0.05) is 44.2 Å². The molecule has 2 heteroatoms. The van der Waals surface area contributed by atoms with Crippen molar-refractivity contribution < 1.29 is 0 Å². The van der Waals surface area contributed by atoms with Crippen molar-refractivity contribution in [1.29, 1.82) is 0 Å². The minimum atomic E-state index is 0.619. The van der Waals surface area contributed by atoms with E-state index < -0.39 is 0 Å². The molecule has 0 aliphatic rings. The molecule has 0 spiro atoms. The first kappa shape index (κ1) is 14.9. The Morgan fingerprint density at radius 1 is 1.15 bits per heavy atom. The third-order valence-corrected chi connectivity index (χ3v) is 3.75. The van der Waals surface area contributed by atoms with E-state index in [0.29, 0.717) is 5.92 Å². The van der Waals surface area contributed by atoms with Gasteiger partial charge < -0.3 is 9.88 Å². The van der Waals surface area contributed by atoms with E-state index in [1.54, 1.807) is 0 Å². The molecule has 0 fully saturated rings. The second kappa shape index (κ2) is 7.91. The van der Waals surface area contributed by atoms with Crippen molar-refractivity contribution in [3.8, 4) is 0 Å². The summed E-state index contributed by atoms with van der Waals surface area (Å²) in [7, 11) is 0. The summed E-state index contributed by atoms with van der Waals surface area (Å²) in [6.07, 6.45) is 6.79. The molecule has 1 unspecified atom stereocenters. The molecule has 0 bridgehead atoms. The van der Waals surface area contributed by atoms with Crippen molar-refractivity contribution in [2.75, 3.05) is 6.54 Å². The van der Waals surface area contributed by atoms with Crippen LogP contribution in [0.15, 0.2) is 48.8 Å². The van der Waals surface area contributed by atoms with Gasteiger partial charge in [0, 0.05) is 25.5 Å². The molecule has 2 rings (SSSR count). The Kier molecular flexibility index (Phi) is 5.87. The van der Waals surface area contributed by atoms with E-state index >= 15 is 0 Å². The van der Waals surface area contributed by atoms with Gasteiger partial charge in [-0.2, -0.15) is 0 Å². The molecule has 0 aliphatic heterocycles. The zero-order valence-corrected chi connectivity index (χ0v) is 12.7. The van der Waals surface area contributed by atoms with E-state index in [4.69, 9.17) is 0 Å². The third-order valence-electron chi connectivity index (χ3n) is 3.75. The maximum absolute atomic E-state index is 3.54. The summed E-state index contributed by atoms with van der Waals surface area (Å²) in [6, 6.07) is 13.0. The molecule has 1 aromatic heterocycles. The summed E-state index contributed by atoms with van der Waals surface area (Å²) in [5.74, 6) is 0.619. The fourth-order valence-corrected chi connectivity index (χ4v) is 2.49. The largest absolute Gasteiger partial charge is 0.354 e. The zero-order valence-electron chi connectivity index (χ0n) is 12.7. The number of aryl methyl sites for hydroxylation is 1. The maximum atomic E-state index is 3.54. The molecule has 0 saturated heterocycles. The molecular weight excluding hydrogens is 244 g/mol. The van der Waals surface area contributed by atoms with E-state index in [1.807, 2.05) is 0 Å². The van der Waals surface area contributed by atoms with E-state index in [0.717, 1.165) is 19.6 Å². The summed E-state index contributed by atoms with van der Waals surface area (Å²) >= 11 is 0. The minimum Gasteiger partial charge on any atom is -0.354 e. The average molecular weight is 270 g/mol. The number of hydrogen-bond acceptors (Lipinski definition) is 1. The molecule has 1 N–H and O–H groups in total. The van der Waals surface area contributed by atoms with Crippen LogP contribution in [0, 0.1) is 0 Å². The first-order chi connectivity index (χ1) is 9.79. The van der Waals surface area contributed by atoms with Gasteiger partial charge in [-0.05, 0) is 42.5 Å². The molecule has 0 radical (unpaired) electrons. The van der Waals surface area contributed by atoms with Crippen molar-refractivity contribution >= 4 is 0 Å². The lowest BCUT2D eigenvalue weighted by Gasteiger charge is -2.12. The highest BCUT2D eigenvalue weighted by molar-refractivity contribution is 5.18. The topological polar surface area (TPSA) is 17.0 Å². The average Bonchev–Trinajstić information content (AvgIpc) is 2.92. The number of aromatic nitrogens is 1. The molecular formula is C18H26N2. The molecule has 1 aromatic carbocycles. The fourth-order valence-electron chi connectivity index (χ4n) is 2.49. The quantitative estimate of drug-likeness (QED) is 0.712. The molecule has 1 heterocycles. The van der Waals surface area contributed by atoms with Gasteiger partial charge in [0.2, 0.25) is 0 Å². The number of nitrogens with zero attached hydrogens (tertiary/aromatic N) is 1. The van der Waals surface area contributed by atoms with Crippen molar-refractivity contribution in [1.82, 2.24) is 9.88 Å². The molecule has 0 aliphatic carbocycles. The Morgan fingerprint density at radius 3 is 2.70 bits per heavy atom. The third kappa shape index (κ3) is 4.53. The SMILES string of the molecule is CCCn1ccc(CNCCC(C)c2ccccc2)c1. The number of hydrogen-bond donors (Lipinski definition) is 1. The minimum absolute atomic E-state index is 0.619. The maximum Gasteiger partial charge on any atom is 0.0220 e. The predicted octanol–water partition coefficient (Wildman–Crippen LogP) is 4.18. The fraction of sp³-hybridized carbons (Fsp3) is 0.444. The van der Waals surface area contributed by atoms with Gasteiger partial charge in [0.05, 0.1) is 0 Å². The summed E-state index contributed by atoms with van der Waals surface area (Å²) in [5.41, 5.74) is 2.81. The summed E-state index contributed by atoms with van der Waals surface area (Å²) in [5, 5.41) is 3.54. The van der Waals surface area contributed by atoms with Crippen LogP contribution in [0.1, 0.15) is 43.7 Å². The zero-order chi connectivity index (χ0) is 14.2. The first-order valence-electron chi connectivity index (χ1n) is 7.70. The highest BCUT2D eigenvalue weighted by Crippen LogP contribution is 2.17. The van der Waals surface area contributed by atoms with Gasteiger partial charge >= 0.3 is 0 Å². The molecule has 0 saturated carbocycles. The van der Waals surface area contributed by atoms with Gasteiger partial charge in [0.1, 0.15) is 0 Å². The first-order valence-corrected chi connectivity index (χ1v) is 7.70. The normalized spacial score (nSPS) is 12.5. The monoisotopic (exact) mass is 270 g/mol. The Morgan fingerprint density at radius 2 is 1.95 bits per heavy atom. The number of nitrogens with one attached hydrogen (secondary N) is 1. The van der Waals surface area contributed by atoms with Gasteiger partial charge in [-0.3, -0.25) is 0 Å². The van der Waals surface area contributed by atoms with E-state index in [2.05, 4.69) is 72.5 Å². The lowest BCUT2D eigenvalue weighted by Crippen LogP contribution is -2.16. The van der Waals surface area contributed by atoms with Crippen LogP contribution < -0.4 is 5.32 Å². The van der Waals surface area contributed by atoms with Crippen molar-refractivity contribution in [3.63, 3.8) is 0 Å². The summed E-state index contributed by atoms with van der Waals surface area (Å²) < 4.78 is 2.27. The van der Waals surface area contributed by atoms with E-state index in [1.165, 1.54) is 24.0 Å². The molecule has 0 amide bonds. The van der Waals surface area contributed by atoms with Crippen LogP contribution >= 0.6 is 0 Å². The van der Waals surface area contributed by atoms with Crippen LogP contribution in [0.2, 0.25) is 0 Å². The van der Waals surface area contributed by atoms with Crippen LogP contribution in [-0.4, -0.2) is 11.1 Å². The molecule has 1 atom stereocenters. The Balaban J connectivity index is 1.68. The molecule has 2 aromatic rings. The van der Waals surface area contributed by atoms with Gasteiger partial charge in [0.25, 0.3) is 0 Å². The Bertz CT molecular complexity index is 487. The van der Waals surface area contributed by atoms with E-state index in [-0.39, 0.29) is 0 Å².